The Morgan fingerprint density at radius 2 is 1.71 bits per heavy atom. The maximum Gasteiger partial charge on any atom is 0.254 e. The normalized spacial score (nSPS) is 11.6. The predicted molar refractivity (Wildman–Crippen MR) is 120 cm³/mol. The van der Waals surface area contributed by atoms with E-state index in [-0.39, 0.29) is 36.3 Å². The van der Waals surface area contributed by atoms with Crippen LogP contribution in [0.1, 0.15) is 52.4 Å². The minimum Gasteiger partial charge on any atom is -0.345 e. The number of amides is 2. The van der Waals surface area contributed by atoms with Gasteiger partial charge in [0.1, 0.15) is 5.82 Å². The van der Waals surface area contributed by atoms with Gasteiger partial charge < -0.3 is 15.6 Å². The number of carbonyl (C=O) groups excluding carboxylic acids is 2. The lowest BCUT2D eigenvalue weighted by atomic mass is 10.1. The first-order chi connectivity index (χ1) is 14.8. The molecule has 160 valence electrons. The molecule has 7 heteroatoms. The number of anilines is 1. The number of aryl methyl sites for hydroxylation is 2. The molecule has 7 nitrogen and oxygen atoms in total. The molecule has 3 aromatic rings. The van der Waals surface area contributed by atoms with Crippen LogP contribution >= 0.6 is 0 Å². The van der Waals surface area contributed by atoms with Gasteiger partial charge in [-0.1, -0.05) is 42.5 Å². The van der Waals surface area contributed by atoms with Crippen LogP contribution in [0, 0.1) is 13.8 Å². The van der Waals surface area contributed by atoms with Crippen molar-refractivity contribution in [2.24, 2.45) is 0 Å². The van der Waals surface area contributed by atoms with Gasteiger partial charge in [-0.3, -0.25) is 14.4 Å². The van der Waals surface area contributed by atoms with Crippen molar-refractivity contribution < 1.29 is 9.59 Å². The second-order valence-corrected chi connectivity index (χ2v) is 7.41. The Morgan fingerprint density at radius 1 is 1.03 bits per heavy atom. The molecule has 0 aliphatic carbocycles. The molecular formula is C24H26N4O3. The molecule has 0 aliphatic rings. The number of nitrogens with one attached hydrogen (secondary N) is 3. The molecule has 31 heavy (non-hydrogen) atoms. The van der Waals surface area contributed by atoms with Gasteiger partial charge in [-0.2, -0.15) is 0 Å². The van der Waals surface area contributed by atoms with Crippen LogP contribution in [0.3, 0.4) is 0 Å². The third-order valence-electron chi connectivity index (χ3n) is 5.04. The molecule has 0 fully saturated rings. The molecule has 1 unspecified atom stereocenters. The summed E-state index contributed by atoms with van der Waals surface area (Å²) in [6.07, 6.45) is 0.366. The average Bonchev–Trinajstić information content (AvgIpc) is 2.74. The van der Waals surface area contributed by atoms with E-state index in [1.54, 1.807) is 38.1 Å². The van der Waals surface area contributed by atoms with E-state index in [9.17, 15) is 14.4 Å². The summed E-state index contributed by atoms with van der Waals surface area (Å²) in [5.41, 5.74) is 2.67. The van der Waals surface area contributed by atoms with E-state index >= 15 is 0 Å². The average molecular weight is 418 g/mol. The van der Waals surface area contributed by atoms with Gasteiger partial charge in [-0.05, 0) is 44.9 Å². The van der Waals surface area contributed by atoms with Gasteiger partial charge in [0.25, 0.3) is 11.5 Å². The number of para-hydroxylation sites is 1. The topological polar surface area (TPSA) is 104 Å². The molecule has 1 aromatic heterocycles. The van der Waals surface area contributed by atoms with Gasteiger partial charge >= 0.3 is 0 Å². The maximum atomic E-state index is 12.8. The highest BCUT2D eigenvalue weighted by Gasteiger charge is 2.16. The molecule has 0 aliphatic heterocycles. The molecule has 3 N–H and O–H groups in total. The third kappa shape index (κ3) is 5.66. The van der Waals surface area contributed by atoms with Crippen LogP contribution in [0.5, 0.6) is 0 Å². The fourth-order valence-electron chi connectivity index (χ4n) is 3.39. The molecule has 1 heterocycles. The SMILES string of the molecule is Cc1nc(C)c(CCC(=O)Nc2ccccc2C(=O)NC(C)c2ccccc2)c(=O)[nH]1. The molecule has 3 rings (SSSR count). The molecule has 0 saturated carbocycles. The summed E-state index contributed by atoms with van der Waals surface area (Å²) in [4.78, 5) is 44.4. The van der Waals surface area contributed by atoms with Crippen LogP contribution in [0.25, 0.3) is 0 Å². The standard InChI is InChI=1S/C24H26N4O3/c1-15(18-9-5-4-6-10-18)26-24(31)20-11-7-8-12-21(20)28-22(29)14-13-19-16(2)25-17(3)27-23(19)30/h4-12,15H,13-14H2,1-3H3,(H,26,31)(H,28,29)(H,25,27,30). The minimum absolute atomic E-state index is 0.102. The zero-order valence-corrected chi connectivity index (χ0v) is 17.9. The molecule has 2 amide bonds. The molecular weight excluding hydrogens is 392 g/mol. The fourth-order valence-corrected chi connectivity index (χ4v) is 3.39. The largest absolute Gasteiger partial charge is 0.345 e. The van der Waals surface area contributed by atoms with E-state index in [1.807, 2.05) is 37.3 Å². The molecule has 0 saturated heterocycles. The second kappa shape index (κ2) is 9.84. The number of carbonyl (C=O) groups is 2. The number of nitrogens with zero attached hydrogens (tertiary/aromatic N) is 1. The first kappa shape index (κ1) is 22.0. The Labute approximate surface area is 180 Å². The van der Waals surface area contributed by atoms with Gasteiger partial charge in [0.05, 0.1) is 17.3 Å². The summed E-state index contributed by atoms with van der Waals surface area (Å²) < 4.78 is 0. The fraction of sp³-hybridized carbons (Fsp3) is 0.250. The van der Waals surface area contributed by atoms with Crippen LogP contribution in [-0.2, 0) is 11.2 Å². The van der Waals surface area contributed by atoms with Crippen molar-refractivity contribution in [3.8, 4) is 0 Å². The summed E-state index contributed by atoms with van der Waals surface area (Å²) >= 11 is 0. The summed E-state index contributed by atoms with van der Waals surface area (Å²) in [5, 5.41) is 5.75. The molecule has 2 aromatic carbocycles. The van der Waals surface area contributed by atoms with E-state index < -0.39 is 0 Å². The van der Waals surface area contributed by atoms with Gasteiger partial charge in [0.15, 0.2) is 0 Å². The van der Waals surface area contributed by atoms with Crippen molar-refractivity contribution in [1.29, 1.82) is 0 Å². The monoisotopic (exact) mass is 418 g/mol. The van der Waals surface area contributed by atoms with E-state index in [2.05, 4.69) is 20.6 Å². The summed E-state index contributed by atoms with van der Waals surface area (Å²) in [6, 6.07) is 16.3. The second-order valence-electron chi connectivity index (χ2n) is 7.41. The number of rotatable bonds is 7. The smallest absolute Gasteiger partial charge is 0.254 e. The quantitative estimate of drug-likeness (QED) is 0.547. The molecule has 0 spiro atoms. The highest BCUT2D eigenvalue weighted by Crippen LogP contribution is 2.18. The van der Waals surface area contributed by atoms with Crippen molar-refractivity contribution >= 4 is 17.5 Å². The lowest BCUT2D eigenvalue weighted by Gasteiger charge is -2.16. The lowest BCUT2D eigenvalue weighted by Crippen LogP contribution is -2.28. The van der Waals surface area contributed by atoms with Crippen molar-refractivity contribution in [2.75, 3.05) is 5.32 Å². The predicted octanol–water partition coefficient (Wildman–Crippen LogP) is 3.45. The number of aromatic nitrogens is 2. The molecule has 1 atom stereocenters. The van der Waals surface area contributed by atoms with Crippen molar-refractivity contribution in [3.63, 3.8) is 0 Å². The van der Waals surface area contributed by atoms with Crippen LogP contribution in [-0.4, -0.2) is 21.8 Å². The minimum atomic E-state index is -0.282. The first-order valence-corrected chi connectivity index (χ1v) is 10.2. The number of benzene rings is 2. The van der Waals surface area contributed by atoms with Gasteiger partial charge in [-0.15, -0.1) is 0 Å². The highest BCUT2D eigenvalue weighted by atomic mass is 16.2. The Bertz CT molecular complexity index is 1140. The van der Waals surface area contributed by atoms with Crippen LogP contribution in [0.4, 0.5) is 5.69 Å². The van der Waals surface area contributed by atoms with Crippen molar-refractivity contribution in [1.82, 2.24) is 15.3 Å². The Kier molecular flexibility index (Phi) is 6.97. The van der Waals surface area contributed by atoms with Crippen molar-refractivity contribution in [3.05, 3.63) is 93.2 Å². The number of hydrogen-bond acceptors (Lipinski definition) is 4. The van der Waals surface area contributed by atoms with Crippen molar-refractivity contribution in [2.45, 2.75) is 39.7 Å². The Balaban J connectivity index is 1.67. The Morgan fingerprint density at radius 3 is 2.42 bits per heavy atom. The zero-order chi connectivity index (χ0) is 22.4. The lowest BCUT2D eigenvalue weighted by molar-refractivity contribution is -0.116. The van der Waals surface area contributed by atoms with Crippen LogP contribution in [0.15, 0.2) is 59.4 Å². The summed E-state index contributed by atoms with van der Waals surface area (Å²) in [5.74, 6) is -0.0154. The number of hydrogen-bond donors (Lipinski definition) is 3. The van der Waals surface area contributed by atoms with Gasteiger partial charge in [0, 0.05) is 17.7 Å². The zero-order valence-electron chi connectivity index (χ0n) is 17.9. The number of aromatic amines is 1. The van der Waals surface area contributed by atoms with Gasteiger partial charge in [0.2, 0.25) is 5.91 Å². The Hall–Kier alpha value is -3.74. The molecule has 0 radical (unpaired) electrons. The molecule has 0 bridgehead atoms. The number of H-pyrrole nitrogens is 1. The maximum absolute atomic E-state index is 12.8. The third-order valence-corrected chi connectivity index (χ3v) is 5.04. The highest BCUT2D eigenvalue weighted by molar-refractivity contribution is 6.03. The van der Waals surface area contributed by atoms with Crippen LogP contribution in [0.2, 0.25) is 0 Å². The van der Waals surface area contributed by atoms with E-state index in [0.717, 1.165) is 5.56 Å². The van der Waals surface area contributed by atoms with E-state index in [1.165, 1.54) is 0 Å². The van der Waals surface area contributed by atoms with Crippen LogP contribution < -0.4 is 16.2 Å². The van der Waals surface area contributed by atoms with E-state index in [0.29, 0.717) is 28.3 Å². The van der Waals surface area contributed by atoms with E-state index in [4.69, 9.17) is 0 Å². The first-order valence-electron chi connectivity index (χ1n) is 10.2. The van der Waals surface area contributed by atoms with Gasteiger partial charge in [-0.25, -0.2) is 4.98 Å². The summed E-state index contributed by atoms with van der Waals surface area (Å²) in [6.45, 7) is 5.37. The summed E-state index contributed by atoms with van der Waals surface area (Å²) in [7, 11) is 0.